The summed E-state index contributed by atoms with van der Waals surface area (Å²) in [5.74, 6) is 0.0715. The van der Waals surface area contributed by atoms with Crippen molar-refractivity contribution in [2.24, 2.45) is 0 Å². The molecule has 0 spiro atoms. The lowest BCUT2D eigenvalue weighted by Crippen LogP contribution is -2.31. The molecule has 2 aromatic rings. The highest BCUT2D eigenvalue weighted by Gasteiger charge is 2.41. The van der Waals surface area contributed by atoms with Gasteiger partial charge in [-0.3, -0.25) is 0 Å². The molecule has 3 rings (SSSR count). The lowest BCUT2D eigenvalue weighted by molar-refractivity contribution is -0.141. The minimum Gasteiger partial charge on any atom is -0.354 e. The molecule has 29 heavy (non-hydrogen) atoms. The standard InChI is InChI=1S/C18H20F3N5O2S/c1-24-8-3-9-25(11-10-24)17-15(12-22)16(18(19,20)21)23-26(17)13-4-6-14(7-5-13)29(2,27)28/h4-7H,3,8-11H2,1-2H3. The smallest absolute Gasteiger partial charge is 0.354 e. The number of anilines is 1. The second-order valence-corrected chi connectivity index (χ2v) is 8.99. The third-order valence-corrected chi connectivity index (χ3v) is 5.90. The van der Waals surface area contributed by atoms with Gasteiger partial charge in [-0.05, 0) is 44.3 Å². The van der Waals surface area contributed by atoms with Crippen molar-refractivity contribution in [1.29, 1.82) is 5.26 Å². The first kappa shape index (κ1) is 21.1. The van der Waals surface area contributed by atoms with E-state index in [4.69, 9.17) is 0 Å². The number of likely N-dealkylation sites (N-methyl/N-ethyl adjacent to an activating group) is 1. The van der Waals surface area contributed by atoms with Gasteiger partial charge in [-0.1, -0.05) is 0 Å². The van der Waals surface area contributed by atoms with E-state index in [1.54, 1.807) is 11.0 Å². The molecule has 1 aromatic carbocycles. The Balaban J connectivity index is 2.17. The van der Waals surface area contributed by atoms with E-state index in [0.29, 0.717) is 19.6 Å². The largest absolute Gasteiger partial charge is 0.436 e. The molecule has 0 N–H and O–H groups in total. The van der Waals surface area contributed by atoms with Crippen LogP contribution in [0.2, 0.25) is 0 Å². The fraction of sp³-hybridized carbons (Fsp3) is 0.444. The predicted octanol–water partition coefficient (Wildman–Crippen LogP) is 2.31. The highest BCUT2D eigenvalue weighted by atomic mass is 32.2. The van der Waals surface area contributed by atoms with Gasteiger partial charge in [0.1, 0.15) is 11.6 Å². The molecule has 1 saturated heterocycles. The molecule has 0 bridgehead atoms. The zero-order chi connectivity index (χ0) is 21.4. The minimum absolute atomic E-state index is 0.0444. The molecule has 2 heterocycles. The molecule has 0 amide bonds. The molecule has 0 atom stereocenters. The highest BCUT2D eigenvalue weighted by Crippen LogP contribution is 2.37. The third kappa shape index (κ3) is 4.38. The van der Waals surface area contributed by atoms with E-state index in [1.807, 2.05) is 7.05 Å². The number of alkyl halides is 3. The van der Waals surface area contributed by atoms with Crippen molar-refractivity contribution in [3.05, 3.63) is 35.5 Å². The van der Waals surface area contributed by atoms with Crippen LogP contribution in [0.4, 0.5) is 19.0 Å². The first-order valence-electron chi connectivity index (χ1n) is 8.86. The van der Waals surface area contributed by atoms with Crippen molar-refractivity contribution in [3.63, 3.8) is 0 Å². The quantitative estimate of drug-likeness (QED) is 0.748. The fourth-order valence-electron chi connectivity index (χ4n) is 3.28. The number of nitrogens with zero attached hydrogens (tertiary/aromatic N) is 5. The third-order valence-electron chi connectivity index (χ3n) is 4.77. The summed E-state index contributed by atoms with van der Waals surface area (Å²) in [6.45, 7) is 2.34. The Morgan fingerprint density at radius 2 is 1.76 bits per heavy atom. The van der Waals surface area contributed by atoms with Crippen LogP contribution in [0.1, 0.15) is 17.7 Å². The van der Waals surface area contributed by atoms with E-state index in [0.717, 1.165) is 23.9 Å². The number of rotatable bonds is 3. The van der Waals surface area contributed by atoms with Crippen molar-refractivity contribution in [1.82, 2.24) is 14.7 Å². The summed E-state index contributed by atoms with van der Waals surface area (Å²) in [6.07, 6.45) is -3.02. The van der Waals surface area contributed by atoms with Gasteiger partial charge in [-0.15, -0.1) is 0 Å². The van der Waals surface area contributed by atoms with E-state index in [9.17, 15) is 26.9 Å². The van der Waals surface area contributed by atoms with Crippen LogP contribution >= 0.6 is 0 Å². The van der Waals surface area contributed by atoms with Crippen LogP contribution in [0, 0.1) is 11.3 Å². The maximum Gasteiger partial charge on any atom is 0.436 e. The van der Waals surface area contributed by atoms with E-state index >= 15 is 0 Å². The van der Waals surface area contributed by atoms with Crippen molar-refractivity contribution < 1.29 is 21.6 Å². The number of sulfone groups is 1. The van der Waals surface area contributed by atoms with Crippen LogP contribution < -0.4 is 4.90 Å². The Morgan fingerprint density at radius 3 is 2.31 bits per heavy atom. The SMILES string of the molecule is CN1CCCN(c2c(C#N)c(C(F)(F)F)nn2-c2ccc(S(C)(=O)=O)cc2)CC1. The Bertz CT molecular complexity index is 1040. The van der Waals surface area contributed by atoms with E-state index in [2.05, 4.69) is 10.00 Å². The number of hydrogen-bond acceptors (Lipinski definition) is 6. The summed E-state index contributed by atoms with van der Waals surface area (Å²) < 4.78 is 65.1. The molecule has 0 saturated carbocycles. The van der Waals surface area contributed by atoms with Gasteiger partial charge < -0.3 is 9.80 Å². The molecule has 1 aliphatic heterocycles. The van der Waals surface area contributed by atoms with Crippen LogP contribution in [0.3, 0.4) is 0 Å². The maximum atomic E-state index is 13.5. The van der Waals surface area contributed by atoms with Crippen LogP contribution in [-0.4, -0.2) is 62.6 Å². The molecular formula is C18H20F3N5O2S. The van der Waals surface area contributed by atoms with Crippen LogP contribution in [0.25, 0.3) is 5.69 Å². The Hall–Kier alpha value is -2.58. The number of halogens is 3. The average molecular weight is 427 g/mol. The summed E-state index contributed by atoms with van der Waals surface area (Å²) in [7, 11) is -1.52. The normalized spacial score (nSPS) is 16.5. The van der Waals surface area contributed by atoms with Gasteiger partial charge in [0, 0.05) is 25.9 Å². The average Bonchev–Trinajstić information content (AvgIpc) is 2.91. The molecule has 0 unspecified atom stereocenters. The van der Waals surface area contributed by atoms with Crippen molar-refractivity contribution >= 4 is 15.7 Å². The zero-order valence-corrected chi connectivity index (χ0v) is 16.8. The van der Waals surface area contributed by atoms with Gasteiger partial charge in [0.2, 0.25) is 0 Å². The maximum absolute atomic E-state index is 13.5. The monoisotopic (exact) mass is 427 g/mol. The summed E-state index contributed by atoms with van der Waals surface area (Å²) in [5.41, 5.74) is -1.54. The number of nitriles is 1. The molecule has 156 valence electrons. The van der Waals surface area contributed by atoms with Gasteiger partial charge in [0.05, 0.1) is 10.6 Å². The van der Waals surface area contributed by atoms with Gasteiger partial charge >= 0.3 is 6.18 Å². The van der Waals surface area contributed by atoms with Crippen LogP contribution in [-0.2, 0) is 16.0 Å². The topological polar surface area (TPSA) is 82.2 Å². The summed E-state index contributed by atoms with van der Waals surface area (Å²) in [6, 6.07) is 7.07. The second-order valence-electron chi connectivity index (χ2n) is 6.98. The van der Waals surface area contributed by atoms with E-state index in [1.165, 1.54) is 24.3 Å². The lowest BCUT2D eigenvalue weighted by atomic mass is 10.2. The van der Waals surface area contributed by atoms with Crippen molar-refractivity contribution in [2.45, 2.75) is 17.5 Å². The molecule has 1 aromatic heterocycles. The number of aromatic nitrogens is 2. The van der Waals surface area contributed by atoms with Gasteiger partial charge in [0.15, 0.2) is 21.3 Å². The first-order chi connectivity index (χ1) is 13.5. The summed E-state index contributed by atoms with van der Waals surface area (Å²) in [5, 5.41) is 13.2. The summed E-state index contributed by atoms with van der Waals surface area (Å²) in [4.78, 5) is 3.84. The molecule has 0 radical (unpaired) electrons. The Morgan fingerprint density at radius 1 is 1.10 bits per heavy atom. The van der Waals surface area contributed by atoms with Gasteiger partial charge in [-0.2, -0.15) is 23.5 Å². The second kappa shape index (κ2) is 7.68. The van der Waals surface area contributed by atoms with E-state index < -0.39 is 27.3 Å². The van der Waals surface area contributed by atoms with Gasteiger partial charge in [0.25, 0.3) is 0 Å². The van der Waals surface area contributed by atoms with Crippen molar-refractivity contribution in [3.8, 4) is 11.8 Å². The molecule has 7 nitrogen and oxygen atoms in total. The first-order valence-corrected chi connectivity index (χ1v) is 10.8. The fourth-order valence-corrected chi connectivity index (χ4v) is 3.91. The number of hydrogen-bond donors (Lipinski definition) is 0. The summed E-state index contributed by atoms with van der Waals surface area (Å²) >= 11 is 0. The van der Waals surface area contributed by atoms with E-state index in [-0.39, 0.29) is 16.4 Å². The molecule has 1 aliphatic rings. The molecular weight excluding hydrogens is 407 g/mol. The zero-order valence-electron chi connectivity index (χ0n) is 15.9. The Kier molecular flexibility index (Phi) is 5.60. The minimum atomic E-state index is -4.79. The van der Waals surface area contributed by atoms with Crippen LogP contribution in [0.5, 0.6) is 0 Å². The lowest BCUT2D eigenvalue weighted by Gasteiger charge is -2.24. The molecule has 0 aliphatic carbocycles. The molecule has 1 fully saturated rings. The molecule has 11 heteroatoms. The Labute approximate surface area is 166 Å². The van der Waals surface area contributed by atoms with Crippen LogP contribution in [0.15, 0.2) is 29.2 Å². The van der Waals surface area contributed by atoms with Crippen molar-refractivity contribution in [2.75, 3.05) is 44.4 Å². The highest BCUT2D eigenvalue weighted by molar-refractivity contribution is 7.90. The predicted molar refractivity (Wildman–Crippen MR) is 101 cm³/mol. The van der Waals surface area contributed by atoms with Gasteiger partial charge in [-0.25, -0.2) is 13.1 Å². The number of benzene rings is 1.